The van der Waals surface area contributed by atoms with Crippen molar-refractivity contribution < 1.29 is 0 Å². The molecule has 34 heavy (non-hydrogen) atoms. The van der Waals surface area contributed by atoms with Gasteiger partial charge in [-0.1, -0.05) is 48.2 Å². The van der Waals surface area contributed by atoms with Gasteiger partial charge in [-0.05, 0) is 37.5 Å². The fraction of sp³-hybridized carbons (Fsp3) is 0.208. The van der Waals surface area contributed by atoms with Crippen molar-refractivity contribution in [3.8, 4) is 11.4 Å². The van der Waals surface area contributed by atoms with Gasteiger partial charge in [-0.3, -0.25) is 4.57 Å². The van der Waals surface area contributed by atoms with Crippen LogP contribution in [0.2, 0.25) is 0 Å². The molecule has 2 aromatic carbocycles. The van der Waals surface area contributed by atoms with Gasteiger partial charge in [0.15, 0.2) is 11.0 Å². The molecular weight excluding hydrogens is 446 g/mol. The van der Waals surface area contributed by atoms with Crippen molar-refractivity contribution in [3.05, 3.63) is 66.1 Å². The highest BCUT2D eigenvalue weighted by atomic mass is 32.2. The number of thioether (sulfide) groups is 1. The molecule has 6 rings (SSSR count). The number of rotatable bonds is 7. The van der Waals surface area contributed by atoms with E-state index in [4.69, 9.17) is 5.73 Å². The molecule has 1 saturated carbocycles. The number of nitrogen functional groups attached to an aromatic ring is 1. The Hall–Kier alpha value is -3.92. The number of para-hydroxylation sites is 2. The first-order valence-corrected chi connectivity index (χ1v) is 12.1. The molecule has 170 valence electrons. The standard InChI is InChI=1S/C24H23N9S/c1-14-6-2-4-8-18(14)27-23-29-20(28-22(25)30-23)13-34-24-32-31-21(33(24)15-10-11-15)17-12-26-19-9-5-3-7-16(17)19/h2-9,12,15,26H,10-11,13H2,1H3,(H3,25,27,28,29,30). The number of nitrogens with zero attached hydrogens (tertiary/aromatic N) is 6. The molecule has 3 aromatic heterocycles. The summed E-state index contributed by atoms with van der Waals surface area (Å²) in [6.07, 6.45) is 4.27. The van der Waals surface area contributed by atoms with Crippen LogP contribution in [0.15, 0.2) is 59.9 Å². The molecule has 0 bridgehead atoms. The quantitative estimate of drug-likeness (QED) is 0.288. The van der Waals surface area contributed by atoms with Gasteiger partial charge >= 0.3 is 0 Å². The number of H-pyrrole nitrogens is 1. The summed E-state index contributed by atoms with van der Waals surface area (Å²) >= 11 is 1.56. The van der Waals surface area contributed by atoms with E-state index in [1.807, 2.05) is 49.5 Å². The van der Waals surface area contributed by atoms with E-state index in [-0.39, 0.29) is 5.95 Å². The highest BCUT2D eigenvalue weighted by molar-refractivity contribution is 7.98. The van der Waals surface area contributed by atoms with E-state index in [1.54, 1.807) is 11.8 Å². The summed E-state index contributed by atoms with van der Waals surface area (Å²) in [4.78, 5) is 16.5. The number of hydrogen-bond donors (Lipinski definition) is 3. The van der Waals surface area contributed by atoms with Crippen molar-refractivity contribution in [2.24, 2.45) is 0 Å². The molecule has 3 heterocycles. The molecule has 0 amide bonds. The summed E-state index contributed by atoms with van der Waals surface area (Å²) in [5, 5.41) is 14.3. The van der Waals surface area contributed by atoms with Crippen molar-refractivity contribution in [3.63, 3.8) is 0 Å². The zero-order valence-electron chi connectivity index (χ0n) is 18.6. The molecule has 0 atom stereocenters. The Labute approximate surface area is 200 Å². The van der Waals surface area contributed by atoms with Crippen LogP contribution in [0.25, 0.3) is 22.3 Å². The second kappa shape index (κ2) is 8.45. The lowest BCUT2D eigenvalue weighted by molar-refractivity contribution is 0.669. The van der Waals surface area contributed by atoms with Crippen LogP contribution in [0, 0.1) is 6.92 Å². The minimum absolute atomic E-state index is 0.185. The Morgan fingerprint density at radius 1 is 1.06 bits per heavy atom. The average molecular weight is 470 g/mol. The molecule has 0 unspecified atom stereocenters. The summed E-state index contributed by atoms with van der Waals surface area (Å²) in [6, 6.07) is 16.6. The summed E-state index contributed by atoms with van der Waals surface area (Å²) in [7, 11) is 0. The normalized spacial score (nSPS) is 13.4. The molecule has 1 fully saturated rings. The van der Waals surface area contributed by atoms with Crippen molar-refractivity contribution in [2.45, 2.75) is 36.7 Å². The first kappa shape index (κ1) is 20.7. The van der Waals surface area contributed by atoms with Gasteiger partial charge < -0.3 is 16.0 Å². The first-order valence-electron chi connectivity index (χ1n) is 11.1. The predicted octanol–water partition coefficient (Wildman–Crippen LogP) is 4.87. The van der Waals surface area contributed by atoms with E-state index in [1.165, 1.54) is 0 Å². The third kappa shape index (κ3) is 3.96. The Bertz CT molecular complexity index is 1490. The number of fused-ring (bicyclic) bond motifs is 1. The van der Waals surface area contributed by atoms with Gasteiger partial charge in [-0.25, -0.2) is 0 Å². The van der Waals surface area contributed by atoms with Gasteiger partial charge in [-0.15, -0.1) is 10.2 Å². The van der Waals surface area contributed by atoms with Crippen molar-refractivity contribution >= 4 is 40.2 Å². The second-order valence-corrected chi connectivity index (χ2v) is 9.26. The fourth-order valence-electron chi connectivity index (χ4n) is 4.00. The second-order valence-electron chi connectivity index (χ2n) is 8.32. The minimum atomic E-state index is 0.185. The van der Waals surface area contributed by atoms with Crippen LogP contribution in [0.4, 0.5) is 17.6 Å². The fourth-order valence-corrected chi connectivity index (χ4v) is 4.86. The number of benzene rings is 2. The summed E-state index contributed by atoms with van der Waals surface area (Å²) in [5.41, 5.74) is 10.2. The van der Waals surface area contributed by atoms with Crippen LogP contribution >= 0.6 is 11.8 Å². The highest BCUT2D eigenvalue weighted by Gasteiger charge is 2.31. The number of nitrogens with one attached hydrogen (secondary N) is 2. The van der Waals surface area contributed by atoms with Crippen molar-refractivity contribution in [1.29, 1.82) is 0 Å². The van der Waals surface area contributed by atoms with Gasteiger partial charge in [0.1, 0.15) is 5.82 Å². The number of aromatic nitrogens is 7. The van der Waals surface area contributed by atoms with Crippen LogP contribution < -0.4 is 11.1 Å². The zero-order chi connectivity index (χ0) is 23.1. The van der Waals surface area contributed by atoms with Crippen LogP contribution in [0.5, 0.6) is 0 Å². The number of nitrogens with two attached hydrogens (primary N) is 1. The molecule has 1 aliphatic rings. The van der Waals surface area contributed by atoms with E-state index in [0.717, 1.165) is 51.5 Å². The maximum absolute atomic E-state index is 5.98. The van der Waals surface area contributed by atoms with E-state index < -0.39 is 0 Å². The number of aromatic amines is 1. The lowest BCUT2D eigenvalue weighted by atomic mass is 10.1. The zero-order valence-corrected chi connectivity index (χ0v) is 19.4. The van der Waals surface area contributed by atoms with Gasteiger partial charge in [0.25, 0.3) is 0 Å². The van der Waals surface area contributed by atoms with Gasteiger partial charge in [-0.2, -0.15) is 15.0 Å². The molecule has 0 saturated heterocycles. The largest absolute Gasteiger partial charge is 0.368 e. The predicted molar refractivity (Wildman–Crippen MR) is 134 cm³/mol. The van der Waals surface area contributed by atoms with E-state index in [2.05, 4.69) is 52.1 Å². The van der Waals surface area contributed by atoms with Gasteiger partial charge in [0, 0.05) is 34.4 Å². The summed E-state index contributed by atoms with van der Waals surface area (Å²) in [5.74, 6) is 2.60. The molecule has 5 aromatic rings. The van der Waals surface area contributed by atoms with Crippen molar-refractivity contribution in [1.82, 2.24) is 34.7 Å². The Morgan fingerprint density at radius 3 is 2.74 bits per heavy atom. The lowest BCUT2D eigenvalue weighted by Crippen LogP contribution is -2.07. The van der Waals surface area contributed by atoms with E-state index in [9.17, 15) is 0 Å². The van der Waals surface area contributed by atoms with Gasteiger partial charge in [0.2, 0.25) is 11.9 Å². The third-order valence-electron chi connectivity index (χ3n) is 5.83. The Balaban J connectivity index is 1.26. The summed E-state index contributed by atoms with van der Waals surface area (Å²) in [6.45, 7) is 2.03. The van der Waals surface area contributed by atoms with Gasteiger partial charge in [0.05, 0.1) is 5.75 Å². The average Bonchev–Trinajstić information content (AvgIpc) is 3.44. The minimum Gasteiger partial charge on any atom is -0.368 e. The van der Waals surface area contributed by atoms with Crippen molar-refractivity contribution in [2.75, 3.05) is 11.1 Å². The monoisotopic (exact) mass is 469 g/mol. The molecular formula is C24H23N9S. The number of hydrogen-bond acceptors (Lipinski definition) is 8. The molecule has 1 aliphatic carbocycles. The molecule has 4 N–H and O–H groups in total. The molecule has 10 heteroatoms. The Kier molecular flexibility index (Phi) is 5.14. The maximum Gasteiger partial charge on any atom is 0.232 e. The first-order chi connectivity index (χ1) is 16.7. The van der Waals surface area contributed by atoms with Crippen LogP contribution in [-0.4, -0.2) is 34.7 Å². The molecule has 0 spiro atoms. The topological polar surface area (TPSA) is 123 Å². The highest BCUT2D eigenvalue weighted by Crippen LogP contribution is 2.42. The molecule has 9 nitrogen and oxygen atoms in total. The SMILES string of the molecule is Cc1ccccc1Nc1nc(N)nc(CSc2nnc(-c3c[nH]c4ccccc34)n2C2CC2)n1. The molecule has 0 aliphatic heterocycles. The smallest absolute Gasteiger partial charge is 0.232 e. The lowest BCUT2D eigenvalue weighted by Gasteiger charge is -2.10. The van der Waals surface area contributed by atoms with Crippen LogP contribution in [0.3, 0.4) is 0 Å². The van der Waals surface area contributed by atoms with Crippen LogP contribution in [-0.2, 0) is 5.75 Å². The number of aryl methyl sites for hydroxylation is 1. The third-order valence-corrected chi connectivity index (χ3v) is 6.77. The van der Waals surface area contributed by atoms with Crippen LogP contribution in [0.1, 0.15) is 30.3 Å². The van der Waals surface area contributed by atoms with E-state index in [0.29, 0.717) is 23.6 Å². The maximum atomic E-state index is 5.98. The number of anilines is 3. The summed E-state index contributed by atoms with van der Waals surface area (Å²) < 4.78 is 2.25. The van der Waals surface area contributed by atoms with E-state index >= 15 is 0 Å². The molecule has 0 radical (unpaired) electrons. The Morgan fingerprint density at radius 2 is 1.88 bits per heavy atom.